The SMILES string of the molecule is CNC(c1ccccc1OC)C1CCCCS1(=O)=O. The van der Waals surface area contributed by atoms with Crippen molar-refractivity contribution in [2.45, 2.75) is 30.6 Å². The largest absolute Gasteiger partial charge is 0.496 e. The average Bonchev–Trinajstić information content (AvgIpc) is 2.41. The van der Waals surface area contributed by atoms with Crippen molar-refractivity contribution in [3.8, 4) is 5.75 Å². The molecule has 0 radical (unpaired) electrons. The lowest BCUT2D eigenvalue weighted by molar-refractivity contribution is 0.394. The van der Waals surface area contributed by atoms with Gasteiger partial charge in [0.15, 0.2) is 9.84 Å². The molecule has 0 amide bonds. The zero-order valence-electron chi connectivity index (χ0n) is 11.4. The number of nitrogens with one attached hydrogen (secondary N) is 1. The van der Waals surface area contributed by atoms with E-state index < -0.39 is 9.84 Å². The van der Waals surface area contributed by atoms with Gasteiger partial charge >= 0.3 is 0 Å². The molecule has 0 saturated carbocycles. The second-order valence-electron chi connectivity index (χ2n) is 4.91. The van der Waals surface area contributed by atoms with Crippen molar-refractivity contribution in [1.82, 2.24) is 5.32 Å². The molecule has 1 aliphatic rings. The maximum Gasteiger partial charge on any atom is 0.155 e. The molecule has 1 saturated heterocycles. The standard InChI is InChI=1S/C14H21NO3S/c1-15-14(11-7-3-4-8-12(11)18-2)13-9-5-6-10-19(13,16)17/h3-4,7-8,13-15H,5-6,9-10H2,1-2H3. The first-order valence-electron chi connectivity index (χ1n) is 6.62. The molecule has 1 aromatic carbocycles. The van der Waals surface area contributed by atoms with Crippen LogP contribution in [-0.2, 0) is 9.84 Å². The van der Waals surface area contributed by atoms with E-state index in [0.717, 1.165) is 24.2 Å². The van der Waals surface area contributed by atoms with Gasteiger partial charge in [-0.2, -0.15) is 0 Å². The Balaban J connectivity index is 2.39. The van der Waals surface area contributed by atoms with Crippen LogP contribution in [-0.4, -0.2) is 33.6 Å². The Morgan fingerprint density at radius 3 is 2.68 bits per heavy atom. The first-order valence-corrected chi connectivity index (χ1v) is 8.33. The fraction of sp³-hybridized carbons (Fsp3) is 0.571. The van der Waals surface area contributed by atoms with E-state index in [-0.39, 0.29) is 11.3 Å². The molecule has 0 aliphatic carbocycles. The summed E-state index contributed by atoms with van der Waals surface area (Å²) in [4.78, 5) is 0. The Morgan fingerprint density at radius 1 is 1.32 bits per heavy atom. The summed E-state index contributed by atoms with van der Waals surface area (Å²) in [6.07, 6.45) is 2.46. The molecule has 0 bridgehead atoms. The van der Waals surface area contributed by atoms with Crippen LogP contribution in [0.2, 0.25) is 0 Å². The Bertz CT molecular complexity index is 527. The van der Waals surface area contributed by atoms with E-state index in [1.807, 2.05) is 24.3 Å². The number of ether oxygens (including phenoxy) is 1. The molecule has 106 valence electrons. The highest BCUT2D eigenvalue weighted by atomic mass is 32.2. The number of sulfone groups is 1. The molecule has 1 N–H and O–H groups in total. The highest BCUT2D eigenvalue weighted by Gasteiger charge is 2.36. The van der Waals surface area contributed by atoms with Crippen molar-refractivity contribution >= 4 is 9.84 Å². The van der Waals surface area contributed by atoms with Gasteiger partial charge in [0.25, 0.3) is 0 Å². The molecule has 2 atom stereocenters. The number of methoxy groups -OCH3 is 1. The summed E-state index contributed by atoms with van der Waals surface area (Å²) in [5, 5.41) is 2.80. The van der Waals surface area contributed by atoms with Gasteiger partial charge in [-0.3, -0.25) is 0 Å². The van der Waals surface area contributed by atoms with E-state index in [0.29, 0.717) is 12.2 Å². The van der Waals surface area contributed by atoms with Gasteiger partial charge in [0.05, 0.1) is 24.2 Å². The van der Waals surface area contributed by atoms with E-state index in [9.17, 15) is 8.42 Å². The summed E-state index contributed by atoms with van der Waals surface area (Å²) in [6, 6.07) is 7.41. The maximum atomic E-state index is 12.3. The summed E-state index contributed by atoms with van der Waals surface area (Å²) in [7, 11) is 0.393. The lowest BCUT2D eigenvalue weighted by atomic mass is 9.98. The van der Waals surface area contributed by atoms with Crippen LogP contribution in [0.15, 0.2) is 24.3 Å². The fourth-order valence-electron chi connectivity index (χ4n) is 2.82. The van der Waals surface area contributed by atoms with Gasteiger partial charge in [0, 0.05) is 5.56 Å². The summed E-state index contributed by atoms with van der Waals surface area (Å²) in [5.41, 5.74) is 0.919. The van der Waals surface area contributed by atoms with Gasteiger partial charge in [-0.05, 0) is 26.0 Å². The van der Waals surface area contributed by atoms with Gasteiger partial charge in [-0.25, -0.2) is 8.42 Å². The molecule has 0 spiro atoms. The number of hydrogen-bond acceptors (Lipinski definition) is 4. The molecule has 1 aromatic rings. The first-order chi connectivity index (χ1) is 9.10. The number of benzene rings is 1. The first kappa shape index (κ1) is 14.3. The molecule has 19 heavy (non-hydrogen) atoms. The number of para-hydroxylation sites is 1. The molecule has 2 rings (SSSR count). The van der Waals surface area contributed by atoms with E-state index in [1.165, 1.54) is 0 Å². The van der Waals surface area contributed by atoms with E-state index in [1.54, 1.807) is 14.2 Å². The summed E-state index contributed by atoms with van der Waals surface area (Å²) >= 11 is 0. The highest BCUT2D eigenvalue weighted by molar-refractivity contribution is 7.92. The topological polar surface area (TPSA) is 55.4 Å². The lowest BCUT2D eigenvalue weighted by Gasteiger charge is -2.30. The predicted octanol–water partition coefficient (Wildman–Crippen LogP) is 1.92. The molecule has 1 aliphatic heterocycles. The van der Waals surface area contributed by atoms with Crippen molar-refractivity contribution in [2.24, 2.45) is 0 Å². The molecule has 5 heteroatoms. The Labute approximate surface area is 115 Å². The Hall–Kier alpha value is -1.07. The van der Waals surface area contributed by atoms with Crippen LogP contribution in [0.3, 0.4) is 0 Å². The van der Waals surface area contributed by atoms with E-state index in [2.05, 4.69) is 5.32 Å². The monoisotopic (exact) mass is 283 g/mol. The number of rotatable bonds is 4. The minimum absolute atomic E-state index is 0.207. The quantitative estimate of drug-likeness (QED) is 0.917. The second-order valence-corrected chi connectivity index (χ2v) is 7.25. The Kier molecular flexibility index (Phi) is 4.47. The van der Waals surface area contributed by atoms with Crippen molar-refractivity contribution in [3.63, 3.8) is 0 Å². The smallest absolute Gasteiger partial charge is 0.155 e. The third-order valence-electron chi connectivity index (χ3n) is 3.79. The van der Waals surface area contributed by atoms with Crippen molar-refractivity contribution < 1.29 is 13.2 Å². The van der Waals surface area contributed by atoms with Crippen molar-refractivity contribution in [1.29, 1.82) is 0 Å². The minimum Gasteiger partial charge on any atom is -0.496 e. The van der Waals surface area contributed by atoms with Crippen LogP contribution in [0.4, 0.5) is 0 Å². The summed E-state index contributed by atoms with van der Waals surface area (Å²) < 4.78 is 29.9. The van der Waals surface area contributed by atoms with E-state index >= 15 is 0 Å². The van der Waals surface area contributed by atoms with Gasteiger partial charge in [0.2, 0.25) is 0 Å². The van der Waals surface area contributed by atoms with Crippen LogP contribution in [0.5, 0.6) is 5.75 Å². The zero-order valence-corrected chi connectivity index (χ0v) is 12.2. The lowest BCUT2D eigenvalue weighted by Crippen LogP contribution is -2.39. The van der Waals surface area contributed by atoms with Crippen molar-refractivity contribution in [2.75, 3.05) is 19.9 Å². The normalized spacial score (nSPS) is 23.8. The van der Waals surface area contributed by atoms with Crippen LogP contribution in [0.1, 0.15) is 30.9 Å². The third kappa shape index (κ3) is 2.92. The van der Waals surface area contributed by atoms with E-state index in [4.69, 9.17) is 4.74 Å². The molecule has 4 nitrogen and oxygen atoms in total. The van der Waals surface area contributed by atoms with Gasteiger partial charge in [-0.15, -0.1) is 0 Å². The molecule has 1 heterocycles. The maximum absolute atomic E-state index is 12.3. The van der Waals surface area contributed by atoms with Crippen LogP contribution >= 0.6 is 0 Å². The average molecular weight is 283 g/mol. The van der Waals surface area contributed by atoms with Crippen LogP contribution in [0, 0.1) is 0 Å². The van der Waals surface area contributed by atoms with Crippen molar-refractivity contribution in [3.05, 3.63) is 29.8 Å². The van der Waals surface area contributed by atoms with Gasteiger partial charge < -0.3 is 10.1 Å². The molecule has 0 aromatic heterocycles. The third-order valence-corrected chi connectivity index (χ3v) is 6.07. The summed E-state index contributed by atoms with van der Waals surface area (Å²) in [5.74, 6) is 1.04. The number of hydrogen-bond donors (Lipinski definition) is 1. The van der Waals surface area contributed by atoms with Crippen LogP contribution in [0.25, 0.3) is 0 Å². The van der Waals surface area contributed by atoms with Gasteiger partial charge in [-0.1, -0.05) is 24.6 Å². The fourth-order valence-corrected chi connectivity index (χ4v) is 4.95. The van der Waals surface area contributed by atoms with Gasteiger partial charge in [0.1, 0.15) is 5.75 Å². The second kappa shape index (κ2) is 5.92. The zero-order chi connectivity index (χ0) is 13.9. The molecular weight excluding hydrogens is 262 g/mol. The Morgan fingerprint density at radius 2 is 2.05 bits per heavy atom. The summed E-state index contributed by atoms with van der Waals surface area (Å²) in [6.45, 7) is 0. The predicted molar refractivity (Wildman–Crippen MR) is 76.2 cm³/mol. The van der Waals surface area contributed by atoms with Crippen LogP contribution < -0.4 is 10.1 Å². The highest BCUT2D eigenvalue weighted by Crippen LogP contribution is 2.34. The molecular formula is C14H21NO3S. The molecule has 1 fully saturated rings. The molecule has 2 unspecified atom stereocenters. The minimum atomic E-state index is -3.03.